The van der Waals surface area contributed by atoms with Crippen LogP contribution in [0.25, 0.3) is 11.0 Å². The third-order valence-electron chi connectivity index (χ3n) is 3.36. The second-order valence-corrected chi connectivity index (χ2v) is 4.58. The number of nitrogens with zero attached hydrogens (tertiary/aromatic N) is 1. The summed E-state index contributed by atoms with van der Waals surface area (Å²) in [5, 5.41) is 3.43. The highest BCUT2D eigenvalue weighted by molar-refractivity contribution is 5.80. The largest absolute Gasteiger partial charge is 0.326 e. The highest BCUT2D eigenvalue weighted by Crippen LogP contribution is 2.22. The molecule has 1 aromatic carbocycles. The monoisotopic (exact) mass is 217 g/mol. The van der Waals surface area contributed by atoms with Crippen LogP contribution in [0.15, 0.2) is 16.9 Å². The number of benzene rings is 1. The van der Waals surface area contributed by atoms with Gasteiger partial charge in [0.15, 0.2) is 0 Å². The maximum Gasteiger partial charge on any atom is 0.326 e. The van der Waals surface area contributed by atoms with Crippen LogP contribution in [0.3, 0.4) is 0 Å². The number of hydrogen-bond donors (Lipinski definition) is 2. The topological polar surface area (TPSA) is 49.8 Å². The van der Waals surface area contributed by atoms with Crippen LogP contribution in [-0.4, -0.2) is 15.6 Å². The molecule has 1 aromatic heterocycles. The molecule has 4 heteroatoms. The molecule has 2 heterocycles. The van der Waals surface area contributed by atoms with Gasteiger partial charge >= 0.3 is 5.69 Å². The SMILES string of the molecule is Cc1ccc2[nH]c(=O)n3c2c1CNC(C)C3. The minimum Gasteiger partial charge on any atom is -0.308 e. The van der Waals surface area contributed by atoms with Gasteiger partial charge in [-0.05, 0) is 31.0 Å². The van der Waals surface area contributed by atoms with E-state index < -0.39 is 0 Å². The first-order valence-electron chi connectivity index (χ1n) is 5.61. The van der Waals surface area contributed by atoms with E-state index in [2.05, 4.69) is 30.2 Å². The van der Waals surface area contributed by atoms with Crippen LogP contribution in [0.5, 0.6) is 0 Å². The lowest BCUT2D eigenvalue weighted by Gasteiger charge is -2.09. The van der Waals surface area contributed by atoms with Crippen molar-refractivity contribution in [3.05, 3.63) is 33.7 Å². The normalized spacial score (nSPS) is 20.0. The van der Waals surface area contributed by atoms with Crippen molar-refractivity contribution < 1.29 is 0 Å². The molecule has 0 bridgehead atoms. The Morgan fingerprint density at radius 1 is 1.44 bits per heavy atom. The predicted octanol–water partition coefficient (Wildman–Crippen LogP) is 1.13. The fourth-order valence-corrected chi connectivity index (χ4v) is 2.44. The van der Waals surface area contributed by atoms with E-state index in [1.54, 1.807) is 0 Å². The van der Waals surface area contributed by atoms with Gasteiger partial charge in [0.25, 0.3) is 0 Å². The summed E-state index contributed by atoms with van der Waals surface area (Å²) in [5.74, 6) is 0. The average molecular weight is 217 g/mol. The Morgan fingerprint density at radius 2 is 2.25 bits per heavy atom. The first kappa shape index (κ1) is 9.66. The lowest BCUT2D eigenvalue weighted by molar-refractivity contribution is 0.490. The molecule has 1 aliphatic heterocycles. The molecule has 4 nitrogen and oxygen atoms in total. The van der Waals surface area contributed by atoms with E-state index in [0.717, 1.165) is 24.1 Å². The maximum absolute atomic E-state index is 11.8. The zero-order valence-corrected chi connectivity index (χ0v) is 9.50. The van der Waals surface area contributed by atoms with Gasteiger partial charge in [-0.2, -0.15) is 0 Å². The Kier molecular flexibility index (Phi) is 1.94. The minimum atomic E-state index is -0.00241. The van der Waals surface area contributed by atoms with Crippen molar-refractivity contribution in [3.63, 3.8) is 0 Å². The molecule has 0 saturated carbocycles. The molecule has 0 saturated heterocycles. The molecule has 0 spiro atoms. The van der Waals surface area contributed by atoms with Crippen LogP contribution in [-0.2, 0) is 13.1 Å². The first-order valence-corrected chi connectivity index (χ1v) is 5.61. The Hall–Kier alpha value is -1.55. The van der Waals surface area contributed by atoms with Gasteiger partial charge in [0.05, 0.1) is 11.0 Å². The van der Waals surface area contributed by atoms with Crippen molar-refractivity contribution in [2.24, 2.45) is 0 Å². The summed E-state index contributed by atoms with van der Waals surface area (Å²) < 4.78 is 1.85. The van der Waals surface area contributed by atoms with Crippen LogP contribution in [0.2, 0.25) is 0 Å². The zero-order chi connectivity index (χ0) is 11.3. The Balaban J connectivity index is 2.43. The highest BCUT2D eigenvalue weighted by atomic mass is 16.1. The summed E-state index contributed by atoms with van der Waals surface area (Å²) in [6.07, 6.45) is 0. The van der Waals surface area contributed by atoms with Gasteiger partial charge in [-0.25, -0.2) is 4.79 Å². The zero-order valence-electron chi connectivity index (χ0n) is 9.50. The van der Waals surface area contributed by atoms with Crippen molar-refractivity contribution in [3.8, 4) is 0 Å². The van der Waals surface area contributed by atoms with Crippen LogP contribution >= 0.6 is 0 Å². The molecule has 2 N–H and O–H groups in total. The smallest absolute Gasteiger partial charge is 0.308 e. The molecule has 0 fully saturated rings. The van der Waals surface area contributed by atoms with Crippen LogP contribution in [0.1, 0.15) is 18.1 Å². The molecule has 0 aliphatic carbocycles. The van der Waals surface area contributed by atoms with E-state index in [1.165, 1.54) is 11.1 Å². The van der Waals surface area contributed by atoms with Gasteiger partial charge in [0.1, 0.15) is 0 Å². The molecule has 0 radical (unpaired) electrons. The van der Waals surface area contributed by atoms with E-state index in [1.807, 2.05) is 10.6 Å². The number of nitrogens with one attached hydrogen (secondary N) is 2. The predicted molar refractivity (Wildman–Crippen MR) is 63.6 cm³/mol. The number of hydrogen-bond acceptors (Lipinski definition) is 2. The second-order valence-electron chi connectivity index (χ2n) is 4.58. The van der Waals surface area contributed by atoms with Gasteiger partial charge in [0.2, 0.25) is 0 Å². The summed E-state index contributed by atoms with van der Waals surface area (Å²) in [5.41, 5.74) is 4.49. The Bertz CT molecular complexity index is 608. The van der Waals surface area contributed by atoms with Gasteiger partial charge in [-0.15, -0.1) is 0 Å². The molecule has 1 unspecified atom stereocenters. The van der Waals surface area contributed by atoms with Crippen molar-refractivity contribution in [1.82, 2.24) is 14.9 Å². The molecule has 1 atom stereocenters. The Morgan fingerprint density at radius 3 is 3.06 bits per heavy atom. The van der Waals surface area contributed by atoms with Crippen molar-refractivity contribution >= 4 is 11.0 Å². The molecule has 16 heavy (non-hydrogen) atoms. The fraction of sp³-hybridized carbons (Fsp3) is 0.417. The number of H-pyrrole nitrogens is 1. The van der Waals surface area contributed by atoms with Crippen molar-refractivity contribution in [1.29, 1.82) is 0 Å². The average Bonchev–Trinajstić information content (AvgIpc) is 2.46. The highest BCUT2D eigenvalue weighted by Gasteiger charge is 2.18. The summed E-state index contributed by atoms with van der Waals surface area (Å²) in [4.78, 5) is 14.8. The van der Waals surface area contributed by atoms with E-state index in [4.69, 9.17) is 0 Å². The minimum absolute atomic E-state index is 0.00241. The third-order valence-corrected chi connectivity index (χ3v) is 3.36. The molecule has 1 aliphatic rings. The van der Waals surface area contributed by atoms with Gasteiger partial charge in [-0.3, -0.25) is 4.57 Å². The third kappa shape index (κ3) is 1.23. The number of aromatic nitrogens is 2. The molecular formula is C12H15N3O. The van der Waals surface area contributed by atoms with E-state index in [9.17, 15) is 4.79 Å². The molecular weight excluding hydrogens is 202 g/mol. The van der Waals surface area contributed by atoms with Crippen LogP contribution < -0.4 is 11.0 Å². The summed E-state index contributed by atoms with van der Waals surface area (Å²) >= 11 is 0. The lowest BCUT2D eigenvalue weighted by Crippen LogP contribution is -2.30. The number of aromatic amines is 1. The number of aryl methyl sites for hydroxylation is 1. The van der Waals surface area contributed by atoms with E-state index >= 15 is 0 Å². The fourth-order valence-electron chi connectivity index (χ4n) is 2.44. The van der Waals surface area contributed by atoms with Crippen LogP contribution in [0.4, 0.5) is 0 Å². The van der Waals surface area contributed by atoms with Gasteiger partial charge in [0, 0.05) is 19.1 Å². The van der Waals surface area contributed by atoms with Crippen molar-refractivity contribution in [2.75, 3.05) is 0 Å². The van der Waals surface area contributed by atoms with E-state index in [0.29, 0.717) is 6.04 Å². The van der Waals surface area contributed by atoms with E-state index in [-0.39, 0.29) is 5.69 Å². The summed E-state index contributed by atoms with van der Waals surface area (Å²) in [6.45, 7) is 5.76. The van der Waals surface area contributed by atoms with Gasteiger partial charge < -0.3 is 10.3 Å². The first-order chi connectivity index (χ1) is 7.66. The standard InChI is InChI=1S/C12H15N3O/c1-7-3-4-10-11-9(7)5-13-8(2)6-15(11)12(16)14-10/h3-4,8,13H,5-6H2,1-2H3,(H,14,16). The lowest BCUT2D eigenvalue weighted by atomic mass is 10.1. The van der Waals surface area contributed by atoms with Gasteiger partial charge in [-0.1, -0.05) is 6.07 Å². The molecule has 0 amide bonds. The summed E-state index contributed by atoms with van der Waals surface area (Å²) in [7, 11) is 0. The molecule has 84 valence electrons. The molecule has 3 rings (SSSR count). The Labute approximate surface area is 93.3 Å². The number of rotatable bonds is 0. The maximum atomic E-state index is 11.8. The molecule has 2 aromatic rings. The second kappa shape index (κ2) is 3.22. The summed E-state index contributed by atoms with van der Waals surface area (Å²) in [6, 6.07) is 4.38. The quantitative estimate of drug-likeness (QED) is 0.695. The van der Waals surface area contributed by atoms with Crippen molar-refractivity contribution in [2.45, 2.75) is 33.0 Å². The van der Waals surface area contributed by atoms with Crippen LogP contribution in [0, 0.1) is 6.92 Å². The number of imidazole rings is 1.